The lowest BCUT2D eigenvalue weighted by atomic mass is 10.1. The van der Waals surface area contributed by atoms with Gasteiger partial charge in [-0.15, -0.1) is 6.58 Å². The van der Waals surface area contributed by atoms with Gasteiger partial charge in [0.1, 0.15) is 17.2 Å². The number of hydrogen-bond acceptors (Lipinski definition) is 5. The van der Waals surface area contributed by atoms with Crippen LogP contribution in [0, 0.1) is 11.6 Å². The fourth-order valence-electron chi connectivity index (χ4n) is 3.74. The number of urea groups is 1. The highest BCUT2D eigenvalue weighted by molar-refractivity contribution is 5.89. The van der Waals surface area contributed by atoms with Gasteiger partial charge in [-0.05, 0) is 37.1 Å². The molecule has 0 spiro atoms. The van der Waals surface area contributed by atoms with Crippen molar-refractivity contribution in [2.24, 2.45) is 0 Å². The number of aromatic nitrogens is 3. The Kier molecular flexibility index (Phi) is 6.11. The minimum Gasteiger partial charge on any atom is -0.352 e. The number of pyridine rings is 1. The molecule has 3 aromatic rings. The van der Waals surface area contributed by atoms with Gasteiger partial charge in [-0.2, -0.15) is 0 Å². The highest BCUT2D eigenvalue weighted by Gasteiger charge is 2.25. The smallest absolute Gasteiger partial charge is 0.319 e. The van der Waals surface area contributed by atoms with Crippen LogP contribution >= 0.6 is 0 Å². The van der Waals surface area contributed by atoms with Crippen molar-refractivity contribution in [1.82, 2.24) is 19.9 Å². The van der Waals surface area contributed by atoms with E-state index in [2.05, 4.69) is 27.2 Å². The van der Waals surface area contributed by atoms with Gasteiger partial charge in [-0.3, -0.25) is 9.36 Å². The number of piperidine rings is 1. The minimum absolute atomic E-state index is 0.0990. The summed E-state index contributed by atoms with van der Waals surface area (Å²) < 4.78 is 28.3. The molecule has 0 unspecified atom stereocenters. The number of amides is 2. The molecule has 0 atom stereocenters. The average molecular weight is 440 g/mol. The van der Waals surface area contributed by atoms with Gasteiger partial charge < -0.3 is 15.5 Å². The van der Waals surface area contributed by atoms with Crippen LogP contribution in [0.25, 0.3) is 11.2 Å². The zero-order chi connectivity index (χ0) is 22.7. The van der Waals surface area contributed by atoms with Crippen molar-refractivity contribution >= 4 is 28.7 Å². The fourth-order valence-corrected chi connectivity index (χ4v) is 3.74. The third-order valence-corrected chi connectivity index (χ3v) is 5.31. The average Bonchev–Trinajstić information content (AvgIpc) is 2.78. The molecule has 10 heteroatoms. The predicted octanol–water partition coefficient (Wildman–Crippen LogP) is 3.05. The molecule has 0 aliphatic carbocycles. The van der Waals surface area contributed by atoms with Crippen molar-refractivity contribution < 1.29 is 13.6 Å². The molecule has 1 fully saturated rings. The first-order chi connectivity index (χ1) is 15.5. The summed E-state index contributed by atoms with van der Waals surface area (Å²) in [5.74, 6) is -1.22. The van der Waals surface area contributed by atoms with Gasteiger partial charge in [0.05, 0.1) is 5.69 Å². The lowest BCUT2D eigenvalue weighted by molar-refractivity contribution is 0.246. The number of allylic oxidation sites excluding steroid dienone is 1. The van der Waals surface area contributed by atoms with E-state index in [1.165, 1.54) is 6.07 Å². The van der Waals surface area contributed by atoms with E-state index in [1.54, 1.807) is 29.0 Å². The molecule has 0 saturated carbocycles. The summed E-state index contributed by atoms with van der Waals surface area (Å²) >= 11 is 0. The molecule has 1 saturated heterocycles. The Labute approximate surface area is 182 Å². The monoisotopic (exact) mass is 440 g/mol. The van der Waals surface area contributed by atoms with E-state index in [0.717, 1.165) is 6.07 Å². The standard InChI is InChI=1S/C22H22F2N6O2/c1-2-10-30-19-18(4-3-9-25-19)27-20(21(30)31)29-11-7-15(8-12-29)26-22(32)28-17-6-5-14(23)13-16(17)24/h2-6,9,13,15H,1,7-8,10-12H2,(H2,26,28,32). The van der Waals surface area contributed by atoms with Crippen LogP contribution in [0.3, 0.4) is 0 Å². The van der Waals surface area contributed by atoms with E-state index < -0.39 is 17.7 Å². The molecule has 32 heavy (non-hydrogen) atoms. The SMILES string of the molecule is C=CCn1c(=O)c(N2CCC(NC(=O)Nc3ccc(F)cc3F)CC2)nc2cccnc21. The second kappa shape index (κ2) is 9.13. The summed E-state index contributed by atoms with van der Waals surface area (Å²) in [6.07, 6.45) is 4.40. The van der Waals surface area contributed by atoms with Gasteiger partial charge in [0.25, 0.3) is 5.56 Å². The highest BCUT2D eigenvalue weighted by atomic mass is 19.1. The topological polar surface area (TPSA) is 92.2 Å². The Morgan fingerprint density at radius 1 is 1.25 bits per heavy atom. The molecule has 0 bridgehead atoms. The van der Waals surface area contributed by atoms with Gasteiger partial charge in [-0.25, -0.2) is 23.5 Å². The van der Waals surface area contributed by atoms with Gasteiger partial charge in [0, 0.05) is 37.9 Å². The molecular formula is C22H22F2N6O2. The first-order valence-corrected chi connectivity index (χ1v) is 10.2. The molecule has 4 rings (SSSR count). The van der Waals surface area contributed by atoms with Crippen LogP contribution in [0.2, 0.25) is 0 Å². The van der Waals surface area contributed by atoms with Gasteiger partial charge in [0.2, 0.25) is 0 Å². The molecule has 2 aromatic heterocycles. The lowest BCUT2D eigenvalue weighted by Crippen LogP contribution is -2.47. The molecule has 1 aliphatic heterocycles. The van der Waals surface area contributed by atoms with Crippen LogP contribution in [0.15, 0.2) is 54.0 Å². The van der Waals surface area contributed by atoms with Crippen LogP contribution in [-0.2, 0) is 6.54 Å². The molecule has 2 N–H and O–H groups in total. The molecule has 0 radical (unpaired) electrons. The normalized spacial score (nSPS) is 14.4. The number of fused-ring (bicyclic) bond motifs is 1. The van der Waals surface area contributed by atoms with Gasteiger partial charge >= 0.3 is 6.03 Å². The Hall–Kier alpha value is -3.82. The van der Waals surface area contributed by atoms with Crippen molar-refractivity contribution in [2.75, 3.05) is 23.3 Å². The number of benzene rings is 1. The molecule has 8 nitrogen and oxygen atoms in total. The Morgan fingerprint density at radius 3 is 2.75 bits per heavy atom. The maximum Gasteiger partial charge on any atom is 0.319 e. The number of nitrogens with zero attached hydrogens (tertiary/aromatic N) is 4. The molecular weight excluding hydrogens is 418 g/mol. The largest absolute Gasteiger partial charge is 0.352 e. The maximum absolute atomic E-state index is 13.7. The van der Waals surface area contributed by atoms with E-state index in [0.29, 0.717) is 55.5 Å². The van der Waals surface area contributed by atoms with E-state index >= 15 is 0 Å². The number of halogens is 2. The van der Waals surface area contributed by atoms with E-state index in [9.17, 15) is 18.4 Å². The molecule has 1 aliphatic rings. The third-order valence-electron chi connectivity index (χ3n) is 5.31. The fraction of sp³-hybridized carbons (Fsp3) is 0.273. The van der Waals surface area contributed by atoms with Crippen LogP contribution in [-0.4, -0.2) is 39.7 Å². The quantitative estimate of drug-likeness (QED) is 0.595. The third kappa shape index (κ3) is 4.43. The van der Waals surface area contributed by atoms with Crippen LogP contribution in [0.5, 0.6) is 0 Å². The maximum atomic E-state index is 13.7. The van der Waals surface area contributed by atoms with Crippen LogP contribution < -0.4 is 21.1 Å². The summed E-state index contributed by atoms with van der Waals surface area (Å²) in [5, 5.41) is 5.18. The highest BCUT2D eigenvalue weighted by Crippen LogP contribution is 2.19. The summed E-state index contributed by atoms with van der Waals surface area (Å²) in [6.45, 7) is 5.06. The van der Waals surface area contributed by atoms with Crippen LogP contribution in [0.1, 0.15) is 12.8 Å². The molecule has 3 heterocycles. The number of anilines is 2. The zero-order valence-electron chi connectivity index (χ0n) is 17.2. The minimum atomic E-state index is -0.845. The Balaban J connectivity index is 1.43. The molecule has 1 aromatic carbocycles. The Bertz CT molecular complexity index is 1220. The van der Waals surface area contributed by atoms with Gasteiger partial charge in [-0.1, -0.05) is 6.08 Å². The second-order valence-electron chi connectivity index (χ2n) is 7.47. The van der Waals surface area contributed by atoms with Crippen LogP contribution in [0.4, 0.5) is 25.1 Å². The number of hydrogen-bond donors (Lipinski definition) is 2. The zero-order valence-corrected chi connectivity index (χ0v) is 17.2. The Morgan fingerprint density at radius 2 is 2.03 bits per heavy atom. The first kappa shape index (κ1) is 21.4. The molecule has 2 amide bonds. The van der Waals surface area contributed by atoms with E-state index in [4.69, 9.17) is 0 Å². The van der Waals surface area contributed by atoms with E-state index in [-0.39, 0.29) is 17.3 Å². The number of carbonyl (C=O) groups is 1. The molecule has 166 valence electrons. The van der Waals surface area contributed by atoms with Crippen molar-refractivity contribution in [2.45, 2.75) is 25.4 Å². The van der Waals surface area contributed by atoms with Gasteiger partial charge in [0.15, 0.2) is 11.5 Å². The van der Waals surface area contributed by atoms with Crippen molar-refractivity contribution in [3.63, 3.8) is 0 Å². The number of nitrogens with one attached hydrogen (secondary N) is 2. The summed E-state index contributed by atoms with van der Waals surface area (Å²) in [5.41, 5.74) is 0.775. The summed E-state index contributed by atoms with van der Waals surface area (Å²) in [6, 6.07) is 5.78. The van der Waals surface area contributed by atoms with Crippen molar-refractivity contribution in [3.05, 3.63) is 71.2 Å². The summed E-state index contributed by atoms with van der Waals surface area (Å²) in [7, 11) is 0. The summed E-state index contributed by atoms with van der Waals surface area (Å²) in [4.78, 5) is 35.9. The number of rotatable bonds is 5. The predicted molar refractivity (Wildman–Crippen MR) is 118 cm³/mol. The second-order valence-corrected chi connectivity index (χ2v) is 7.47. The number of carbonyl (C=O) groups excluding carboxylic acids is 1. The lowest BCUT2D eigenvalue weighted by Gasteiger charge is -2.33. The van der Waals surface area contributed by atoms with Crippen molar-refractivity contribution in [3.8, 4) is 0 Å². The first-order valence-electron chi connectivity index (χ1n) is 10.2. The van der Waals surface area contributed by atoms with E-state index in [1.807, 2.05) is 4.90 Å². The van der Waals surface area contributed by atoms with Crippen molar-refractivity contribution in [1.29, 1.82) is 0 Å².